The second-order valence-electron chi connectivity index (χ2n) is 8.75. The Morgan fingerprint density at radius 2 is 1.09 bits per heavy atom. The Morgan fingerprint density at radius 3 is 1.85 bits per heavy atom. The summed E-state index contributed by atoms with van der Waals surface area (Å²) in [5, 5.41) is 20.5. The molecule has 3 heteroatoms. The van der Waals surface area contributed by atoms with E-state index in [1.54, 1.807) is 0 Å². The standard InChI is InChI=1S/C31H23BO2/c33-32(34)29-20-10-19-28-30(29)26-17-7-8-18-27(26)31(28,24-14-5-2-6-15-24)25-16-9-13-23(21-25)22-11-3-1-4-12-22/h1-21,33-34H. The van der Waals surface area contributed by atoms with Gasteiger partial charge < -0.3 is 10.0 Å². The van der Waals surface area contributed by atoms with Crippen LogP contribution in [0.2, 0.25) is 0 Å². The van der Waals surface area contributed by atoms with Crippen LogP contribution in [0.3, 0.4) is 0 Å². The van der Waals surface area contributed by atoms with Crippen LogP contribution in [-0.2, 0) is 5.41 Å². The van der Waals surface area contributed by atoms with Crippen molar-refractivity contribution in [3.8, 4) is 22.3 Å². The van der Waals surface area contributed by atoms with Gasteiger partial charge >= 0.3 is 7.12 Å². The molecule has 0 aromatic heterocycles. The molecule has 0 saturated carbocycles. The smallest absolute Gasteiger partial charge is 0.423 e. The molecule has 1 atom stereocenters. The van der Waals surface area contributed by atoms with Crippen molar-refractivity contribution in [3.63, 3.8) is 0 Å². The fourth-order valence-corrected chi connectivity index (χ4v) is 5.61. The molecule has 1 unspecified atom stereocenters. The molecule has 5 aromatic carbocycles. The number of benzene rings is 5. The Balaban J connectivity index is 1.74. The minimum absolute atomic E-state index is 0.530. The Labute approximate surface area is 199 Å². The summed E-state index contributed by atoms with van der Waals surface area (Å²) in [7, 11) is -1.55. The first-order chi connectivity index (χ1) is 16.7. The highest BCUT2D eigenvalue weighted by Gasteiger charge is 2.47. The second kappa shape index (κ2) is 8.14. The molecule has 0 radical (unpaired) electrons. The van der Waals surface area contributed by atoms with Gasteiger partial charge in [0.25, 0.3) is 0 Å². The maximum atomic E-state index is 10.3. The van der Waals surface area contributed by atoms with Gasteiger partial charge in [0.15, 0.2) is 0 Å². The van der Waals surface area contributed by atoms with Crippen LogP contribution in [0.15, 0.2) is 127 Å². The topological polar surface area (TPSA) is 40.5 Å². The first-order valence-electron chi connectivity index (χ1n) is 11.5. The lowest BCUT2D eigenvalue weighted by Crippen LogP contribution is -2.33. The molecule has 5 aromatic rings. The molecule has 0 saturated heterocycles. The van der Waals surface area contributed by atoms with Crippen LogP contribution in [0.25, 0.3) is 22.3 Å². The molecule has 6 rings (SSSR count). The first-order valence-corrected chi connectivity index (χ1v) is 11.5. The van der Waals surface area contributed by atoms with Gasteiger partial charge in [0, 0.05) is 0 Å². The van der Waals surface area contributed by atoms with Crippen molar-refractivity contribution in [1.82, 2.24) is 0 Å². The summed E-state index contributed by atoms with van der Waals surface area (Å²) in [6.45, 7) is 0. The molecule has 2 N–H and O–H groups in total. The van der Waals surface area contributed by atoms with Gasteiger partial charge in [-0.3, -0.25) is 0 Å². The Hall–Kier alpha value is -3.92. The molecule has 0 heterocycles. The highest BCUT2D eigenvalue weighted by molar-refractivity contribution is 6.60. The van der Waals surface area contributed by atoms with Crippen LogP contribution in [-0.4, -0.2) is 17.2 Å². The Bertz CT molecular complexity index is 1480. The van der Waals surface area contributed by atoms with E-state index in [9.17, 15) is 10.0 Å². The summed E-state index contributed by atoms with van der Waals surface area (Å²) in [5.74, 6) is 0. The lowest BCUT2D eigenvalue weighted by atomic mass is 9.66. The zero-order valence-corrected chi connectivity index (χ0v) is 18.6. The van der Waals surface area contributed by atoms with Crippen molar-refractivity contribution >= 4 is 12.6 Å². The predicted molar refractivity (Wildman–Crippen MR) is 139 cm³/mol. The van der Waals surface area contributed by atoms with Gasteiger partial charge in [0.05, 0.1) is 5.41 Å². The first kappa shape index (κ1) is 20.7. The summed E-state index contributed by atoms with van der Waals surface area (Å²) >= 11 is 0. The van der Waals surface area contributed by atoms with E-state index in [-0.39, 0.29) is 0 Å². The van der Waals surface area contributed by atoms with E-state index in [2.05, 4.69) is 97.1 Å². The van der Waals surface area contributed by atoms with Gasteiger partial charge in [-0.25, -0.2) is 0 Å². The number of fused-ring (bicyclic) bond motifs is 3. The molecule has 0 spiro atoms. The molecule has 162 valence electrons. The minimum Gasteiger partial charge on any atom is -0.423 e. The minimum atomic E-state index is -1.55. The van der Waals surface area contributed by atoms with Crippen molar-refractivity contribution in [2.75, 3.05) is 0 Å². The molecule has 0 fully saturated rings. The highest BCUT2D eigenvalue weighted by atomic mass is 16.4. The Kier molecular flexibility index (Phi) is 4.95. The van der Waals surface area contributed by atoms with E-state index in [4.69, 9.17) is 0 Å². The molecule has 1 aliphatic carbocycles. The zero-order chi connectivity index (χ0) is 23.1. The molecule has 0 amide bonds. The molecule has 0 aliphatic heterocycles. The molecule has 1 aliphatic rings. The highest BCUT2D eigenvalue weighted by Crippen LogP contribution is 2.55. The third kappa shape index (κ3) is 2.98. The number of hydrogen-bond acceptors (Lipinski definition) is 2. The molecular weight excluding hydrogens is 415 g/mol. The largest absolute Gasteiger partial charge is 0.489 e. The van der Waals surface area contributed by atoms with Crippen molar-refractivity contribution in [2.45, 2.75) is 5.41 Å². The van der Waals surface area contributed by atoms with Crippen LogP contribution in [0.1, 0.15) is 22.3 Å². The number of hydrogen-bond donors (Lipinski definition) is 2. The number of rotatable bonds is 4. The zero-order valence-electron chi connectivity index (χ0n) is 18.6. The van der Waals surface area contributed by atoms with E-state index in [1.807, 2.05) is 30.3 Å². The van der Waals surface area contributed by atoms with Crippen molar-refractivity contribution in [3.05, 3.63) is 150 Å². The summed E-state index contributed by atoms with van der Waals surface area (Å²) in [5.41, 5.74) is 8.72. The van der Waals surface area contributed by atoms with Gasteiger partial charge in [-0.1, -0.05) is 121 Å². The normalized spacial score (nSPS) is 16.1. The van der Waals surface area contributed by atoms with Gasteiger partial charge in [-0.15, -0.1) is 0 Å². The van der Waals surface area contributed by atoms with Crippen LogP contribution in [0.4, 0.5) is 0 Å². The fraction of sp³-hybridized carbons (Fsp3) is 0.0323. The van der Waals surface area contributed by atoms with Crippen LogP contribution >= 0.6 is 0 Å². The summed E-state index contributed by atoms with van der Waals surface area (Å²) in [4.78, 5) is 0. The summed E-state index contributed by atoms with van der Waals surface area (Å²) in [6.07, 6.45) is 0. The van der Waals surface area contributed by atoms with E-state index < -0.39 is 12.5 Å². The lowest BCUT2D eigenvalue weighted by molar-refractivity contribution is 0.426. The Morgan fingerprint density at radius 1 is 0.500 bits per heavy atom. The molecule has 34 heavy (non-hydrogen) atoms. The third-order valence-electron chi connectivity index (χ3n) is 6.99. The quantitative estimate of drug-likeness (QED) is 0.362. The fourth-order valence-electron chi connectivity index (χ4n) is 5.61. The van der Waals surface area contributed by atoms with E-state index in [1.165, 1.54) is 5.56 Å². The molecular formula is C31H23BO2. The molecule has 0 bridgehead atoms. The van der Waals surface area contributed by atoms with Crippen LogP contribution in [0.5, 0.6) is 0 Å². The van der Waals surface area contributed by atoms with Gasteiger partial charge in [0.1, 0.15) is 0 Å². The second-order valence-corrected chi connectivity index (χ2v) is 8.75. The monoisotopic (exact) mass is 438 g/mol. The average Bonchev–Trinajstić information content (AvgIpc) is 3.21. The SMILES string of the molecule is OB(O)c1cccc2c1-c1ccccc1C2(c1ccccc1)c1cccc(-c2ccccc2)c1. The van der Waals surface area contributed by atoms with Crippen molar-refractivity contribution in [1.29, 1.82) is 0 Å². The van der Waals surface area contributed by atoms with Crippen LogP contribution < -0.4 is 5.46 Å². The van der Waals surface area contributed by atoms with E-state index in [0.29, 0.717) is 5.46 Å². The van der Waals surface area contributed by atoms with Crippen LogP contribution in [0, 0.1) is 0 Å². The third-order valence-corrected chi connectivity index (χ3v) is 6.99. The van der Waals surface area contributed by atoms with Gasteiger partial charge in [0.2, 0.25) is 0 Å². The van der Waals surface area contributed by atoms with Gasteiger partial charge in [-0.05, 0) is 56.0 Å². The average molecular weight is 438 g/mol. The van der Waals surface area contributed by atoms with Crippen molar-refractivity contribution < 1.29 is 10.0 Å². The maximum Gasteiger partial charge on any atom is 0.489 e. The van der Waals surface area contributed by atoms with E-state index in [0.717, 1.165) is 38.9 Å². The summed E-state index contributed by atoms with van der Waals surface area (Å²) in [6, 6.07) is 43.9. The van der Waals surface area contributed by atoms with Gasteiger partial charge in [-0.2, -0.15) is 0 Å². The van der Waals surface area contributed by atoms with E-state index >= 15 is 0 Å². The van der Waals surface area contributed by atoms with Crippen molar-refractivity contribution in [2.24, 2.45) is 0 Å². The predicted octanol–water partition coefficient (Wildman–Crippen LogP) is 5.40. The summed E-state index contributed by atoms with van der Waals surface area (Å²) < 4.78 is 0. The maximum absolute atomic E-state index is 10.3. The lowest BCUT2D eigenvalue weighted by Gasteiger charge is -2.34. The molecule has 2 nitrogen and oxygen atoms in total.